The van der Waals surface area contributed by atoms with Gasteiger partial charge in [0.1, 0.15) is 11.9 Å². The minimum absolute atomic E-state index is 0.258. The predicted octanol–water partition coefficient (Wildman–Crippen LogP) is 2.18. The molecule has 3 rings (SSSR count). The molecule has 0 unspecified atom stereocenters. The van der Waals surface area contributed by atoms with Crippen molar-refractivity contribution in [2.24, 2.45) is 5.92 Å². The van der Waals surface area contributed by atoms with Crippen LogP contribution in [0.3, 0.4) is 0 Å². The fraction of sp³-hybridized carbons (Fsp3) is 0.588. The average Bonchev–Trinajstić information content (AvgIpc) is 2.62. The van der Waals surface area contributed by atoms with Crippen molar-refractivity contribution in [1.29, 1.82) is 5.26 Å². The highest BCUT2D eigenvalue weighted by atomic mass is 16.2. The third-order valence-electron chi connectivity index (χ3n) is 4.75. The Bertz CT molecular complexity index is 549. The molecule has 5 heteroatoms. The Morgan fingerprint density at radius 1 is 1.14 bits per heavy atom. The molecule has 0 aromatic carbocycles. The summed E-state index contributed by atoms with van der Waals surface area (Å²) in [6, 6.07) is 5.76. The van der Waals surface area contributed by atoms with Gasteiger partial charge in [-0.05, 0) is 25.0 Å². The first-order valence-electron chi connectivity index (χ1n) is 8.18. The topological polar surface area (TPSA) is 60.2 Å². The van der Waals surface area contributed by atoms with Gasteiger partial charge in [-0.15, -0.1) is 0 Å². The van der Waals surface area contributed by atoms with Gasteiger partial charge in [-0.25, -0.2) is 4.98 Å². The van der Waals surface area contributed by atoms with Crippen LogP contribution in [0.1, 0.15) is 37.7 Å². The molecule has 22 heavy (non-hydrogen) atoms. The van der Waals surface area contributed by atoms with Crippen LogP contribution in [-0.2, 0) is 4.79 Å². The quantitative estimate of drug-likeness (QED) is 0.839. The first-order valence-corrected chi connectivity index (χ1v) is 8.18. The number of amides is 1. The van der Waals surface area contributed by atoms with E-state index in [1.54, 1.807) is 12.3 Å². The van der Waals surface area contributed by atoms with Crippen molar-refractivity contribution in [1.82, 2.24) is 9.88 Å². The van der Waals surface area contributed by atoms with Gasteiger partial charge in [0.15, 0.2) is 0 Å². The lowest BCUT2D eigenvalue weighted by Gasteiger charge is -2.37. The lowest BCUT2D eigenvalue weighted by atomic mass is 9.88. The van der Waals surface area contributed by atoms with E-state index in [1.807, 2.05) is 11.0 Å². The summed E-state index contributed by atoms with van der Waals surface area (Å²) in [6.45, 7) is 3.18. The molecule has 1 aliphatic heterocycles. The van der Waals surface area contributed by atoms with E-state index in [0.717, 1.165) is 44.8 Å². The molecule has 2 heterocycles. The summed E-state index contributed by atoms with van der Waals surface area (Å²) in [5.41, 5.74) is 0.579. The highest BCUT2D eigenvalue weighted by Crippen LogP contribution is 2.26. The molecule has 1 aromatic rings. The van der Waals surface area contributed by atoms with Crippen LogP contribution >= 0.6 is 0 Å². The van der Waals surface area contributed by atoms with Crippen LogP contribution in [0, 0.1) is 17.2 Å². The third-order valence-corrected chi connectivity index (χ3v) is 4.75. The van der Waals surface area contributed by atoms with E-state index in [2.05, 4.69) is 16.0 Å². The van der Waals surface area contributed by atoms with Crippen molar-refractivity contribution < 1.29 is 4.79 Å². The summed E-state index contributed by atoms with van der Waals surface area (Å²) in [5.74, 6) is 1.50. The molecule has 0 N–H and O–H groups in total. The molecule has 1 aliphatic carbocycles. The first kappa shape index (κ1) is 14.8. The van der Waals surface area contributed by atoms with E-state index in [9.17, 15) is 4.79 Å². The summed E-state index contributed by atoms with van der Waals surface area (Å²) in [6.07, 6.45) is 7.42. The van der Waals surface area contributed by atoms with Crippen molar-refractivity contribution in [2.45, 2.75) is 32.1 Å². The Labute approximate surface area is 131 Å². The zero-order valence-electron chi connectivity index (χ0n) is 12.9. The minimum Gasteiger partial charge on any atom is -0.353 e. The molecule has 1 aromatic heterocycles. The SMILES string of the molecule is N#Cc1ccc(N2CCN(C(=O)C3CCCCC3)CC2)nc1. The summed E-state index contributed by atoms with van der Waals surface area (Å²) in [7, 11) is 0. The molecule has 0 radical (unpaired) electrons. The number of nitrogens with zero attached hydrogens (tertiary/aromatic N) is 4. The highest BCUT2D eigenvalue weighted by molar-refractivity contribution is 5.79. The molecular weight excluding hydrogens is 276 g/mol. The number of anilines is 1. The number of nitriles is 1. The molecule has 5 nitrogen and oxygen atoms in total. The summed E-state index contributed by atoms with van der Waals surface area (Å²) in [5, 5.41) is 8.81. The normalized spacial score (nSPS) is 19.8. The summed E-state index contributed by atoms with van der Waals surface area (Å²) < 4.78 is 0. The van der Waals surface area contributed by atoms with Crippen LogP contribution in [0.25, 0.3) is 0 Å². The number of carbonyl (C=O) groups excluding carboxylic acids is 1. The fourth-order valence-electron chi connectivity index (χ4n) is 3.40. The molecule has 116 valence electrons. The molecule has 1 amide bonds. The zero-order chi connectivity index (χ0) is 15.4. The Morgan fingerprint density at radius 3 is 2.45 bits per heavy atom. The van der Waals surface area contributed by atoms with Gasteiger partial charge >= 0.3 is 0 Å². The number of aromatic nitrogens is 1. The van der Waals surface area contributed by atoms with Crippen molar-refractivity contribution in [3.63, 3.8) is 0 Å². The Balaban J connectivity index is 1.55. The zero-order valence-corrected chi connectivity index (χ0v) is 12.9. The Hall–Kier alpha value is -2.09. The monoisotopic (exact) mass is 298 g/mol. The van der Waals surface area contributed by atoms with Crippen molar-refractivity contribution in [2.75, 3.05) is 31.1 Å². The van der Waals surface area contributed by atoms with Crippen LogP contribution in [0.4, 0.5) is 5.82 Å². The second kappa shape index (κ2) is 6.78. The van der Waals surface area contributed by atoms with Crippen molar-refractivity contribution in [3.05, 3.63) is 23.9 Å². The maximum atomic E-state index is 12.5. The van der Waals surface area contributed by atoms with E-state index in [0.29, 0.717) is 11.5 Å². The average molecular weight is 298 g/mol. The molecule has 1 saturated carbocycles. The second-order valence-electron chi connectivity index (χ2n) is 6.16. The Kier molecular flexibility index (Phi) is 4.57. The third kappa shape index (κ3) is 3.22. The number of rotatable bonds is 2. The number of hydrogen-bond acceptors (Lipinski definition) is 4. The van der Waals surface area contributed by atoms with Gasteiger partial charge in [-0.3, -0.25) is 4.79 Å². The van der Waals surface area contributed by atoms with Gasteiger partial charge in [0, 0.05) is 38.3 Å². The number of hydrogen-bond donors (Lipinski definition) is 0. The first-order chi connectivity index (χ1) is 10.8. The van der Waals surface area contributed by atoms with Crippen molar-refractivity contribution >= 4 is 11.7 Å². The van der Waals surface area contributed by atoms with Gasteiger partial charge in [0.25, 0.3) is 0 Å². The maximum Gasteiger partial charge on any atom is 0.225 e. The molecule has 1 saturated heterocycles. The van der Waals surface area contributed by atoms with Gasteiger partial charge in [-0.1, -0.05) is 19.3 Å². The van der Waals surface area contributed by atoms with Crippen LogP contribution in [-0.4, -0.2) is 42.0 Å². The second-order valence-corrected chi connectivity index (χ2v) is 6.16. The molecule has 2 aliphatic rings. The van der Waals surface area contributed by atoms with E-state index < -0.39 is 0 Å². The lowest BCUT2D eigenvalue weighted by Crippen LogP contribution is -2.50. The van der Waals surface area contributed by atoms with E-state index in [1.165, 1.54) is 19.3 Å². The van der Waals surface area contributed by atoms with E-state index in [-0.39, 0.29) is 5.92 Å². The highest BCUT2D eigenvalue weighted by Gasteiger charge is 2.28. The molecule has 2 fully saturated rings. The van der Waals surface area contributed by atoms with Crippen LogP contribution in [0.5, 0.6) is 0 Å². The molecule has 0 bridgehead atoms. The largest absolute Gasteiger partial charge is 0.353 e. The van der Waals surface area contributed by atoms with Gasteiger partial charge in [-0.2, -0.15) is 5.26 Å². The smallest absolute Gasteiger partial charge is 0.225 e. The lowest BCUT2D eigenvalue weighted by molar-refractivity contribution is -0.136. The minimum atomic E-state index is 0.258. The number of piperazine rings is 1. The summed E-state index contributed by atoms with van der Waals surface area (Å²) >= 11 is 0. The summed E-state index contributed by atoms with van der Waals surface area (Å²) in [4.78, 5) is 21.1. The van der Waals surface area contributed by atoms with E-state index in [4.69, 9.17) is 5.26 Å². The Morgan fingerprint density at radius 2 is 1.86 bits per heavy atom. The van der Waals surface area contributed by atoms with Gasteiger partial charge < -0.3 is 9.80 Å². The van der Waals surface area contributed by atoms with Crippen LogP contribution in [0.15, 0.2) is 18.3 Å². The predicted molar refractivity (Wildman–Crippen MR) is 84.3 cm³/mol. The number of carbonyl (C=O) groups is 1. The van der Waals surface area contributed by atoms with Crippen molar-refractivity contribution in [3.8, 4) is 6.07 Å². The van der Waals surface area contributed by atoms with Crippen LogP contribution < -0.4 is 4.90 Å². The molecular formula is C17H22N4O. The maximum absolute atomic E-state index is 12.5. The van der Waals surface area contributed by atoms with E-state index >= 15 is 0 Å². The van der Waals surface area contributed by atoms with Gasteiger partial charge in [0.05, 0.1) is 5.56 Å². The van der Waals surface area contributed by atoms with Crippen LogP contribution in [0.2, 0.25) is 0 Å². The molecule has 0 atom stereocenters. The van der Waals surface area contributed by atoms with Gasteiger partial charge in [0.2, 0.25) is 5.91 Å². The molecule has 0 spiro atoms. The standard InChI is InChI=1S/C17H22N4O/c18-12-14-6-7-16(19-13-14)20-8-10-21(11-9-20)17(22)15-4-2-1-3-5-15/h6-7,13,15H,1-5,8-11H2. The fourth-order valence-corrected chi connectivity index (χ4v) is 3.40. The number of pyridine rings is 1.